The van der Waals surface area contributed by atoms with Crippen LogP contribution >= 0.6 is 0 Å². The van der Waals surface area contributed by atoms with Crippen LogP contribution in [-0.2, 0) is 11.2 Å². The monoisotopic (exact) mass is 336 g/mol. The van der Waals surface area contributed by atoms with E-state index in [0.29, 0.717) is 6.04 Å². The standard InChI is InChI=1S/C19H32N2O3/c1-15(10-11-17-9-7-13-23-17)20-14-16-8-5-6-12-21(16)18(22)24-19(2,3)4/h7,9,13,15-16,20H,5-6,8,10-12,14H2,1-4H3. The van der Waals surface area contributed by atoms with Crippen LogP contribution in [0.5, 0.6) is 0 Å². The summed E-state index contributed by atoms with van der Waals surface area (Å²) in [7, 11) is 0. The molecule has 1 aliphatic heterocycles. The molecule has 1 N–H and O–H groups in total. The highest BCUT2D eigenvalue weighted by Crippen LogP contribution is 2.20. The van der Waals surface area contributed by atoms with Crippen LogP contribution in [0.4, 0.5) is 4.79 Å². The number of likely N-dealkylation sites (tertiary alicyclic amines) is 1. The van der Waals surface area contributed by atoms with Crippen LogP contribution in [-0.4, -0.2) is 41.8 Å². The number of nitrogens with one attached hydrogen (secondary N) is 1. The molecule has 2 heterocycles. The predicted octanol–water partition coefficient (Wildman–Crippen LogP) is 3.98. The molecule has 24 heavy (non-hydrogen) atoms. The lowest BCUT2D eigenvalue weighted by molar-refractivity contribution is 0.00968. The number of amides is 1. The summed E-state index contributed by atoms with van der Waals surface area (Å²) < 4.78 is 10.9. The van der Waals surface area contributed by atoms with Crippen molar-refractivity contribution in [2.75, 3.05) is 13.1 Å². The van der Waals surface area contributed by atoms with E-state index < -0.39 is 5.60 Å². The fourth-order valence-electron chi connectivity index (χ4n) is 3.03. The second kappa shape index (κ2) is 8.56. The van der Waals surface area contributed by atoms with Gasteiger partial charge in [0.25, 0.3) is 0 Å². The molecule has 1 aromatic rings. The maximum Gasteiger partial charge on any atom is 0.410 e. The first kappa shape index (κ1) is 18.8. The number of aryl methyl sites for hydroxylation is 1. The summed E-state index contributed by atoms with van der Waals surface area (Å²) in [6.07, 6.45) is 6.76. The van der Waals surface area contributed by atoms with Crippen molar-refractivity contribution in [3.63, 3.8) is 0 Å². The average Bonchev–Trinajstić information content (AvgIpc) is 3.03. The van der Waals surface area contributed by atoms with Gasteiger partial charge in [0.15, 0.2) is 0 Å². The van der Waals surface area contributed by atoms with Crippen molar-refractivity contribution in [1.29, 1.82) is 0 Å². The van der Waals surface area contributed by atoms with Crippen LogP contribution in [0.3, 0.4) is 0 Å². The lowest BCUT2D eigenvalue weighted by atomic mass is 10.0. The molecule has 0 spiro atoms. The summed E-state index contributed by atoms with van der Waals surface area (Å²) in [5, 5.41) is 3.57. The molecular formula is C19H32N2O3. The first-order valence-corrected chi connectivity index (χ1v) is 9.10. The van der Waals surface area contributed by atoms with Crippen molar-refractivity contribution < 1.29 is 13.9 Å². The Balaban J connectivity index is 1.78. The number of nitrogens with zero attached hydrogens (tertiary/aromatic N) is 1. The van der Waals surface area contributed by atoms with Crippen molar-refractivity contribution in [2.45, 2.75) is 77.5 Å². The third-order valence-corrected chi connectivity index (χ3v) is 4.36. The molecule has 0 saturated carbocycles. The summed E-state index contributed by atoms with van der Waals surface area (Å²) in [5.74, 6) is 1.02. The molecule has 1 fully saturated rings. The number of ether oxygens (including phenoxy) is 1. The molecule has 2 atom stereocenters. The third-order valence-electron chi connectivity index (χ3n) is 4.36. The number of hydrogen-bond donors (Lipinski definition) is 1. The first-order chi connectivity index (χ1) is 11.3. The fourth-order valence-corrected chi connectivity index (χ4v) is 3.03. The van der Waals surface area contributed by atoms with E-state index in [2.05, 4.69) is 12.2 Å². The van der Waals surface area contributed by atoms with Gasteiger partial charge in [-0.3, -0.25) is 0 Å². The summed E-state index contributed by atoms with van der Waals surface area (Å²) in [4.78, 5) is 14.3. The highest BCUT2D eigenvalue weighted by atomic mass is 16.6. The van der Waals surface area contributed by atoms with Crippen LogP contribution in [0.2, 0.25) is 0 Å². The van der Waals surface area contributed by atoms with Crippen LogP contribution in [0, 0.1) is 0 Å². The molecule has 1 aliphatic rings. The van der Waals surface area contributed by atoms with Crippen molar-refractivity contribution in [2.24, 2.45) is 0 Å². The zero-order valence-electron chi connectivity index (χ0n) is 15.5. The number of rotatable bonds is 6. The molecular weight excluding hydrogens is 304 g/mol. The van der Waals surface area contributed by atoms with E-state index in [1.807, 2.05) is 37.8 Å². The summed E-state index contributed by atoms with van der Waals surface area (Å²) in [6.45, 7) is 9.54. The Hall–Kier alpha value is -1.49. The van der Waals surface area contributed by atoms with E-state index in [-0.39, 0.29) is 12.1 Å². The van der Waals surface area contributed by atoms with E-state index >= 15 is 0 Å². The summed E-state index contributed by atoms with van der Waals surface area (Å²) in [5.41, 5.74) is -0.442. The molecule has 5 nitrogen and oxygen atoms in total. The zero-order valence-corrected chi connectivity index (χ0v) is 15.5. The van der Waals surface area contributed by atoms with Crippen molar-refractivity contribution in [3.05, 3.63) is 24.2 Å². The van der Waals surface area contributed by atoms with Gasteiger partial charge in [-0.05, 0) is 65.5 Å². The third kappa shape index (κ3) is 6.19. The second-order valence-electron chi connectivity index (χ2n) is 7.75. The lowest BCUT2D eigenvalue weighted by Crippen LogP contribution is -2.51. The largest absolute Gasteiger partial charge is 0.469 e. The highest BCUT2D eigenvalue weighted by molar-refractivity contribution is 5.68. The molecule has 0 radical (unpaired) electrons. The summed E-state index contributed by atoms with van der Waals surface area (Å²) in [6, 6.07) is 4.55. The minimum absolute atomic E-state index is 0.183. The van der Waals surface area contributed by atoms with Crippen molar-refractivity contribution >= 4 is 6.09 Å². The average molecular weight is 336 g/mol. The lowest BCUT2D eigenvalue weighted by Gasteiger charge is -2.37. The molecule has 2 rings (SSSR count). The number of carbonyl (C=O) groups is 1. The highest BCUT2D eigenvalue weighted by Gasteiger charge is 2.30. The van der Waals surface area contributed by atoms with Crippen LogP contribution in [0.25, 0.3) is 0 Å². The molecule has 1 saturated heterocycles. The van der Waals surface area contributed by atoms with Gasteiger partial charge in [0.1, 0.15) is 11.4 Å². The van der Waals surface area contributed by atoms with E-state index in [4.69, 9.17) is 9.15 Å². The van der Waals surface area contributed by atoms with E-state index in [9.17, 15) is 4.79 Å². The van der Waals surface area contributed by atoms with Crippen LogP contribution in [0.15, 0.2) is 22.8 Å². The van der Waals surface area contributed by atoms with Crippen molar-refractivity contribution in [3.8, 4) is 0 Å². The van der Waals surface area contributed by atoms with Gasteiger partial charge in [0.2, 0.25) is 0 Å². The maximum absolute atomic E-state index is 12.4. The zero-order chi connectivity index (χ0) is 17.6. The van der Waals surface area contributed by atoms with Gasteiger partial charge >= 0.3 is 6.09 Å². The van der Waals surface area contributed by atoms with Gasteiger partial charge in [-0.1, -0.05) is 0 Å². The topological polar surface area (TPSA) is 54.7 Å². The molecule has 2 unspecified atom stereocenters. The molecule has 0 bridgehead atoms. The smallest absolute Gasteiger partial charge is 0.410 e. The Morgan fingerprint density at radius 2 is 2.25 bits per heavy atom. The summed E-state index contributed by atoms with van der Waals surface area (Å²) >= 11 is 0. The van der Waals surface area contributed by atoms with E-state index in [1.54, 1.807) is 6.26 Å². The second-order valence-corrected chi connectivity index (χ2v) is 7.75. The first-order valence-electron chi connectivity index (χ1n) is 9.10. The number of furan rings is 1. The van der Waals surface area contributed by atoms with Crippen molar-refractivity contribution in [1.82, 2.24) is 10.2 Å². The molecule has 5 heteroatoms. The predicted molar refractivity (Wildman–Crippen MR) is 95.1 cm³/mol. The number of piperidine rings is 1. The molecule has 0 aliphatic carbocycles. The Labute approximate surface area is 145 Å². The number of hydrogen-bond acceptors (Lipinski definition) is 4. The van der Waals surface area contributed by atoms with E-state index in [1.165, 1.54) is 6.42 Å². The van der Waals surface area contributed by atoms with Gasteiger partial charge < -0.3 is 19.4 Å². The van der Waals surface area contributed by atoms with Gasteiger partial charge in [0.05, 0.1) is 6.26 Å². The van der Waals surface area contributed by atoms with Gasteiger partial charge in [-0.2, -0.15) is 0 Å². The molecule has 1 amide bonds. The Morgan fingerprint density at radius 1 is 1.46 bits per heavy atom. The van der Waals surface area contributed by atoms with Gasteiger partial charge in [0, 0.05) is 31.6 Å². The number of carbonyl (C=O) groups excluding carboxylic acids is 1. The Bertz CT molecular complexity index is 493. The Kier molecular flexibility index (Phi) is 6.72. The molecule has 1 aromatic heterocycles. The fraction of sp³-hybridized carbons (Fsp3) is 0.737. The minimum Gasteiger partial charge on any atom is -0.469 e. The molecule has 136 valence electrons. The van der Waals surface area contributed by atoms with Crippen LogP contribution < -0.4 is 5.32 Å². The molecule has 0 aromatic carbocycles. The maximum atomic E-state index is 12.4. The minimum atomic E-state index is -0.442. The Morgan fingerprint density at radius 3 is 2.92 bits per heavy atom. The van der Waals surface area contributed by atoms with Gasteiger partial charge in [-0.15, -0.1) is 0 Å². The normalized spacial score (nSPS) is 20.0. The van der Waals surface area contributed by atoms with Gasteiger partial charge in [-0.25, -0.2) is 4.79 Å². The van der Waals surface area contributed by atoms with E-state index in [0.717, 1.165) is 44.5 Å². The SMILES string of the molecule is CC(CCc1ccco1)NCC1CCCCN1C(=O)OC(C)(C)C. The van der Waals surface area contributed by atoms with Crippen LogP contribution in [0.1, 0.15) is 59.1 Å². The quantitative estimate of drug-likeness (QED) is 0.854.